The van der Waals surface area contributed by atoms with E-state index >= 15 is 0 Å². The molecular formula is C18H25ClN2O5. The Hall–Kier alpha value is -2.28. The van der Waals surface area contributed by atoms with Crippen molar-refractivity contribution in [1.82, 2.24) is 5.32 Å². The predicted octanol–water partition coefficient (Wildman–Crippen LogP) is 3.44. The van der Waals surface area contributed by atoms with Crippen molar-refractivity contribution in [2.75, 3.05) is 18.5 Å². The fourth-order valence-electron chi connectivity index (χ4n) is 1.91. The Morgan fingerprint density at radius 1 is 1.19 bits per heavy atom. The Bertz CT molecular complexity index is 655. The van der Waals surface area contributed by atoms with Crippen molar-refractivity contribution >= 4 is 35.3 Å². The molecule has 0 heterocycles. The molecule has 26 heavy (non-hydrogen) atoms. The average molecular weight is 385 g/mol. The van der Waals surface area contributed by atoms with Gasteiger partial charge in [-0.15, -0.1) is 0 Å². The summed E-state index contributed by atoms with van der Waals surface area (Å²) in [5.41, 5.74) is 0.848. The molecule has 0 aliphatic rings. The highest BCUT2D eigenvalue weighted by Crippen LogP contribution is 2.19. The van der Waals surface area contributed by atoms with Crippen molar-refractivity contribution in [1.29, 1.82) is 0 Å². The largest absolute Gasteiger partial charge is 0.456 e. The molecule has 7 nitrogen and oxygen atoms in total. The Balaban J connectivity index is 2.21. The van der Waals surface area contributed by atoms with Crippen molar-refractivity contribution in [3.63, 3.8) is 0 Å². The Labute approximate surface area is 158 Å². The van der Waals surface area contributed by atoms with E-state index in [1.807, 2.05) is 6.92 Å². The van der Waals surface area contributed by atoms with Crippen LogP contribution in [-0.4, -0.2) is 36.7 Å². The van der Waals surface area contributed by atoms with E-state index in [1.165, 1.54) is 0 Å². The highest BCUT2D eigenvalue weighted by molar-refractivity contribution is 6.30. The number of ether oxygens (including phenoxy) is 2. The van der Waals surface area contributed by atoms with E-state index in [9.17, 15) is 14.4 Å². The molecule has 0 fully saturated rings. The second-order valence-corrected chi connectivity index (χ2v) is 7.14. The minimum Gasteiger partial charge on any atom is -0.456 e. The molecule has 0 aliphatic heterocycles. The fourth-order valence-corrected chi connectivity index (χ4v) is 2.14. The molecule has 144 valence electrons. The fraction of sp³-hybridized carbons (Fsp3) is 0.500. The smallest absolute Gasteiger partial charge is 0.407 e. The summed E-state index contributed by atoms with van der Waals surface area (Å²) in [5, 5.41) is 5.77. The van der Waals surface area contributed by atoms with Gasteiger partial charge in [0.25, 0.3) is 5.91 Å². The number of aryl methyl sites for hydroxylation is 1. The molecule has 0 saturated heterocycles. The van der Waals surface area contributed by atoms with E-state index < -0.39 is 23.6 Å². The zero-order valence-electron chi connectivity index (χ0n) is 15.5. The minimum absolute atomic E-state index is 0.0864. The number of alkyl carbamates (subject to hydrolysis) is 1. The molecule has 2 N–H and O–H groups in total. The van der Waals surface area contributed by atoms with Gasteiger partial charge in [-0.3, -0.25) is 9.59 Å². The van der Waals surface area contributed by atoms with Gasteiger partial charge in [0.1, 0.15) is 5.60 Å². The Kier molecular flexibility index (Phi) is 8.38. The van der Waals surface area contributed by atoms with Crippen LogP contribution in [0.25, 0.3) is 0 Å². The average Bonchev–Trinajstić information content (AvgIpc) is 2.50. The lowest BCUT2D eigenvalue weighted by molar-refractivity contribution is -0.147. The first-order valence-corrected chi connectivity index (χ1v) is 8.63. The number of carbonyl (C=O) groups is 3. The van der Waals surface area contributed by atoms with E-state index in [4.69, 9.17) is 21.1 Å². The predicted molar refractivity (Wildman–Crippen MR) is 99.2 cm³/mol. The van der Waals surface area contributed by atoms with Gasteiger partial charge < -0.3 is 20.1 Å². The van der Waals surface area contributed by atoms with Crippen LogP contribution < -0.4 is 10.6 Å². The van der Waals surface area contributed by atoms with Crippen LogP contribution in [0.5, 0.6) is 0 Å². The van der Waals surface area contributed by atoms with Gasteiger partial charge in [-0.25, -0.2) is 4.79 Å². The van der Waals surface area contributed by atoms with E-state index in [0.29, 0.717) is 17.1 Å². The van der Waals surface area contributed by atoms with Crippen molar-refractivity contribution < 1.29 is 23.9 Å². The van der Waals surface area contributed by atoms with Crippen LogP contribution >= 0.6 is 11.6 Å². The number of carbonyl (C=O) groups excluding carboxylic acids is 3. The highest BCUT2D eigenvalue weighted by atomic mass is 35.5. The lowest BCUT2D eigenvalue weighted by Crippen LogP contribution is -2.33. The standard InChI is InChI=1S/C18H25ClN2O5/c1-12-10-13(19)7-8-14(12)21-15(22)11-25-16(23)6-5-9-20-17(24)26-18(2,3)4/h7-8,10H,5-6,9,11H2,1-4H3,(H,20,24)(H,21,22). The summed E-state index contributed by atoms with van der Waals surface area (Å²) in [7, 11) is 0. The number of hydrogen-bond donors (Lipinski definition) is 2. The van der Waals surface area contributed by atoms with Crippen molar-refractivity contribution in [3.05, 3.63) is 28.8 Å². The molecule has 1 aromatic carbocycles. The van der Waals surface area contributed by atoms with Gasteiger partial charge in [0, 0.05) is 23.7 Å². The molecule has 0 bridgehead atoms. The van der Waals surface area contributed by atoms with Crippen molar-refractivity contribution in [2.24, 2.45) is 0 Å². The lowest BCUT2D eigenvalue weighted by Gasteiger charge is -2.19. The van der Waals surface area contributed by atoms with Crippen LogP contribution in [0.3, 0.4) is 0 Å². The summed E-state index contributed by atoms with van der Waals surface area (Å²) in [5.74, 6) is -0.949. The van der Waals surface area contributed by atoms with Gasteiger partial charge in [0.2, 0.25) is 0 Å². The molecule has 0 spiro atoms. The lowest BCUT2D eigenvalue weighted by atomic mass is 10.2. The second kappa shape index (κ2) is 10.0. The molecule has 2 amide bonds. The molecule has 1 rings (SSSR count). The first kappa shape index (κ1) is 21.8. The number of halogens is 1. The summed E-state index contributed by atoms with van der Waals surface area (Å²) in [4.78, 5) is 34.9. The number of benzene rings is 1. The van der Waals surface area contributed by atoms with Crippen LogP contribution in [0.1, 0.15) is 39.2 Å². The van der Waals surface area contributed by atoms with Crippen LogP contribution in [0, 0.1) is 6.92 Å². The molecule has 0 aliphatic carbocycles. The zero-order chi connectivity index (χ0) is 19.7. The number of hydrogen-bond acceptors (Lipinski definition) is 5. The van der Waals surface area contributed by atoms with Gasteiger partial charge in [0.15, 0.2) is 6.61 Å². The van der Waals surface area contributed by atoms with Crippen LogP contribution in [0.15, 0.2) is 18.2 Å². The first-order valence-electron chi connectivity index (χ1n) is 8.25. The quantitative estimate of drug-likeness (QED) is 0.554. The zero-order valence-corrected chi connectivity index (χ0v) is 16.2. The summed E-state index contributed by atoms with van der Waals surface area (Å²) in [6.45, 7) is 7.01. The third kappa shape index (κ3) is 9.27. The van der Waals surface area contributed by atoms with Gasteiger partial charge in [-0.05, 0) is 57.9 Å². The van der Waals surface area contributed by atoms with E-state index in [-0.39, 0.29) is 19.6 Å². The van der Waals surface area contributed by atoms with Crippen LogP contribution in [-0.2, 0) is 19.1 Å². The maximum Gasteiger partial charge on any atom is 0.407 e. The van der Waals surface area contributed by atoms with Gasteiger partial charge in [0.05, 0.1) is 0 Å². The maximum atomic E-state index is 11.8. The van der Waals surface area contributed by atoms with Gasteiger partial charge in [-0.2, -0.15) is 0 Å². The molecular weight excluding hydrogens is 360 g/mol. The molecule has 0 atom stereocenters. The minimum atomic E-state index is -0.571. The van der Waals surface area contributed by atoms with E-state index in [2.05, 4.69) is 10.6 Å². The number of nitrogens with one attached hydrogen (secondary N) is 2. The van der Waals surface area contributed by atoms with Crippen LogP contribution in [0.4, 0.5) is 10.5 Å². The topological polar surface area (TPSA) is 93.7 Å². The molecule has 0 aromatic heterocycles. The van der Waals surface area contributed by atoms with Crippen molar-refractivity contribution in [2.45, 2.75) is 46.1 Å². The summed E-state index contributed by atoms with van der Waals surface area (Å²) in [6.07, 6.45) is -0.0671. The Morgan fingerprint density at radius 3 is 2.50 bits per heavy atom. The van der Waals surface area contributed by atoms with Gasteiger partial charge >= 0.3 is 12.1 Å². The SMILES string of the molecule is Cc1cc(Cl)ccc1NC(=O)COC(=O)CCCNC(=O)OC(C)(C)C. The van der Waals surface area contributed by atoms with Gasteiger partial charge in [-0.1, -0.05) is 11.6 Å². The number of amides is 2. The van der Waals surface area contributed by atoms with E-state index in [0.717, 1.165) is 5.56 Å². The number of esters is 1. The molecule has 0 radical (unpaired) electrons. The maximum absolute atomic E-state index is 11.8. The molecule has 0 unspecified atom stereocenters. The van der Waals surface area contributed by atoms with E-state index in [1.54, 1.807) is 39.0 Å². The number of rotatable bonds is 7. The third-order valence-corrected chi connectivity index (χ3v) is 3.29. The Morgan fingerprint density at radius 2 is 1.88 bits per heavy atom. The summed E-state index contributed by atoms with van der Waals surface area (Å²) < 4.78 is 9.98. The highest BCUT2D eigenvalue weighted by Gasteiger charge is 2.15. The molecule has 8 heteroatoms. The monoisotopic (exact) mass is 384 g/mol. The second-order valence-electron chi connectivity index (χ2n) is 6.70. The van der Waals surface area contributed by atoms with Crippen LogP contribution in [0.2, 0.25) is 5.02 Å². The third-order valence-electron chi connectivity index (χ3n) is 3.05. The number of anilines is 1. The molecule has 1 aromatic rings. The first-order chi connectivity index (χ1) is 12.1. The summed E-state index contributed by atoms with van der Waals surface area (Å²) >= 11 is 5.85. The molecule has 0 saturated carbocycles. The summed E-state index contributed by atoms with van der Waals surface area (Å²) in [6, 6.07) is 5.06. The normalized spacial score (nSPS) is 10.8. The van der Waals surface area contributed by atoms with Crippen molar-refractivity contribution in [3.8, 4) is 0 Å².